The highest BCUT2D eigenvalue weighted by molar-refractivity contribution is 5.42. The van der Waals surface area contributed by atoms with Gasteiger partial charge in [0.1, 0.15) is 12.4 Å². The van der Waals surface area contributed by atoms with Gasteiger partial charge in [-0.25, -0.2) is 0 Å². The molecule has 0 fully saturated rings. The maximum Gasteiger partial charge on any atom is 0.160 e. The molecule has 0 amide bonds. The lowest BCUT2D eigenvalue weighted by Crippen LogP contribution is -2.17. The molecule has 2 aromatic carbocycles. The largest absolute Gasteiger partial charge is 0.493 e. The van der Waals surface area contributed by atoms with Gasteiger partial charge in [0.2, 0.25) is 0 Å². The van der Waals surface area contributed by atoms with Crippen LogP contribution >= 0.6 is 0 Å². The molecule has 136 valence electrons. The zero-order valence-corrected chi connectivity index (χ0v) is 14.5. The van der Waals surface area contributed by atoms with Gasteiger partial charge in [-0.3, -0.25) is 0 Å². The van der Waals surface area contributed by atoms with E-state index in [0.717, 1.165) is 5.56 Å². The summed E-state index contributed by atoms with van der Waals surface area (Å²) in [5, 5.41) is 10.3. The summed E-state index contributed by atoms with van der Waals surface area (Å²) in [4.78, 5) is 0. The molecule has 0 heterocycles. The Labute approximate surface area is 158 Å². The second kappa shape index (κ2) is 9.94. The lowest BCUT2D eigenvalue weighted by Gasteiger charge is -2.13. The molecule has 1 atom stereocenters. The molecule has 4 nitrogen and oxygen atoms in total. The van der Waals surface area contributed by atoms with Crippen molar-refractivity contribution < 1.29 is 27.5 Å². The number of methoxy groups -OCH3 is 2. The van der Waals surface area contributed by atoms with Gasteiger partial charge < -0.3 is 19.3 Å². The lowest BCUT2D eigenvalue weighted by molar-refractivity contribution is 0.0976. The van der Waals surface area contributed by atoms with E-state index in [1.54, 1.807) is 18.2 Å². The van der Waals surface area contributed by atoms with Gasteiger partial charge in [0.05, 0.1) is 25.7 Å². The van der Waals surface area contributed by atoms with Gasteiger partial charge in [-0.15, -0.1) is 0 Å². The minimum absolute atomic E-state index is 0.00771. The number of ether oxygens (including phenoxy) is 3. The number of rotatable bonds is 10. The van der Waals surface area contributed by atoms with Crippen LogP contribution in [0.15, 0.2) is 42.5 Å². The van der Waals surface area contributed by atoms with Crippen LogP contribution in [0, 0.1) is 6.92 Å². The molecular weight excluding hydrogens is 316 g/mol. The first-order chi connectivity index (χ1) is 14.3. The van der Waals surface area contributed by atoms with Gasteiger partial charge in [-0.05, 0) is 61.5 Å². The second-order valence-electron chi connectivity index (χ2n) is 5.69. The third-order valence-corrected chi connectivity index (χ3v) is 3.65. The first kappa shape index (κ1) is 12.2. The Bertz CT molecular complexity index is 867. The Balaban J connectivity index is 1.95. The Morgan fingerprint density at radius 2 is 2.08 bits per heavy atom. The minimum atomic E-state index is -2.62. The van der Waals surface area contributed by atoms with E-state index in [4.69, 9.17) is 22.4 Å². The van der Waals surface area contributed by atoms with Gasteiger partial charge in [0, 0.05) is 2.74 Å². The lowest BCUT2D eigenvalue weighted by atomic mass is 10.0. The summed E-state index contributed by atoms with van der Waals surface area (Å²) in [7, 11) is -1.25. The highest BCUT2D eigenvalue weighted by Gasteiger charge is 2.07. The third kappa shape index (κ3) is 6.31. The molecule has 4 heteroatoms. The van der Waals surface area contributed by atoms with E-state index in [0.29, 0.717) is 11.3 Å². The first-order valence-electron chi connectivity index (χ1n) is 11.1. The number of benzene rings is 2. The van der Waals surface area contributed by atoms with Gasteiger partial charge in [0.15, 0.2) is 11.5 Å². The van der Waals surface area contributed by atoms with Crippen LogP contribution in [0.4, 0.5) is 0 Å². The van der Waals surface area contributed by atoms with Crippen LogP contribution in [0.1, 0.15) is 38.6 Å². The normalized spacial score (nSPS) is 17.7. The van der Waals surface area contributed by atoms with Gasteiger partial charge >= 0.3 is 0 Å². The van der Waals surface area contributed by atoms with Gasteiger partial charge in [-0.1, -0.05) is 24.6 Å². The van der Waals surface area contributed by atoms with E-state index >= 15 is 0 Å². The van der Waals surface area contributed by atoms with Crippen molar-refractivity contribution in [3.63, 3.8) is 0 Å². The summed E-state index contributed by atoms with van der Waals surface area (Å²) in [6, 6.07) is 11.8. The maximum atomic E-state index is 10.3. The molecule has 0 aliphatic rings. The Morgan fingerprint density at radius 3 is 2.84 bits per heavy atom. The van der Waals surface area contributed by atoms with Crippen LogP contribution in [0.25, 0.3) is 0 Å². The number of aliphatic hydroxyl groups is 1. The molecule has 25 heavy (non-hydrogen) atoms. The topological polar surface area (TPSA) is 47.9 Å². The van der Waals surface area contributed by atoms with Crippen molar-refractivity contribution in [3.05, 3.63) is 53.6 Å². The van der Waals surface area contributed by atoms with Crippen molar-refractivity contribution >= 4 is 0 Å². The summed E-state index contributed by atoms with van der Waals surface area (Å²) < 4.78 is 61.7. The van der Waals surface area contributed by atoms with Crippen LogP contribution in [-0.2, 0) is 6.42 Å². The smallest absolute Gasteiger partial charge is 0.160 e. The molecule has 1 N–H and O–H groups in total. The van der Waals surface area contributed by atoms with Crippen LogP contribution in [-0.4, -0.2) is 31.9 Å². The van der Waals surface area contributed by atoms with Crippen molar-refractivity contribution in [2.24, 2.45) is 0 Å². The molecule has 0 aliphatic carbocycles. The number of hydrogen-bond donors (Lipinski definition) is 1. The Morgan fingerprint density at radius 1 is 1.20 bits per heavy atom. The predicted octanol–water partition coefficient (Wildman–Crippen LogP) is 4.16. The number of aryl methyl sites for hydroxylation is 2. The third-order valence-electron chi connectivity index (χ3n) is 3.65. The molecule has 0 saturated carbocycles. The fourth-order valence-corrected chi connectivity index (χ4v) is 2.32. The molecule has 0 radical (unpaired) electrons. The summed E-state index contributed by atoms with van der Waals surface area (Å²) >= 11 is 0. The summed E-state index contributed by atoms with van der Waals surface area (Å²) in [6.45, 7) is 1.63. The molecule has 0 saturated heterocycles. The standard InChI is InChI=1S/C21H28O4/c1-16-7-6-10-19(13-16)25-15-18(22)9-5-4-8-17-11-12-20(23-2)21(14-17)24-3/h6-7,10-14,18,22H,4-5,8-9,15H2,1-3H3/i2D3,4D2,18D. The highest BCUT2D eigenvalue weighted by Crippen LogP contribution is 2.28. The molecule has 1 unspecified atom stereocenters. The van der Waals surface area contributed by atoms with Crippen LogP contribution in [0.2, 0.25) is 0 Å². The average Bonchev–Trinajstić information content (AvgIpc) is 2.65. The van der Waals surface area contributed by atoms with Crippen molar-refractivity contribution in [3.8, 4) is 17.2 Å². The summed E-state index contributed by atoms with van der Waals surface area (Å²) in [5.41, 5.74) is 1.57. The quantitative estimate of drug-likeness (QED) is 0.699. The van der Waals surface area contributed by atoms with E-state index in [1.165, 1.54) is 19.2 Å². The zero-order valence-electron chi connectivity index (χ0n) is 20.5. The minimum Gasteiger partial charge on any atom is -0.493 e. The fourth-order valence-electron chi connectivity index (χ4n) is 2.32. The SMILES string of the molecule is [2H]C([2H])(CCC([2H])(O)COc1cccc(C)c1)Cc1ccc(OC([2H])([2H])[2H])c(OC)c1. The number of hydrogen-bond acceptors (Lipinski definition) is 4. The zero-order chi connectivity index (χ0) is 23.3. The predicted molar refractivity (Wildman–Crippen MR) is 99.8 cm³/mol. The van der Waals surface area contributed by atoms with E-state index in [1.807, 2.05) is 19.1 Å². The van der Waals surface area contributed by atoms with Crippen LogP contribution < -0.4 is 14.2 Å². The van der Waals surface area contributed by atoms with Gasteiger partial charge in [0.25, 0.3) is 0 Å². The molecule has 0 aromatic heterocycles. The molecule has 2 rings (SSSR count). The van der Waals surface area contributed by atoms with E-state index < -0.39 is 19.5 Å². The van der Waals surface area contributed by atoms with E-state index in [-0.39, 0.29) is 37.4 Å². The summed E-state index contributed by atoms with van der Waals surface area (Å²) in [5.74, 6) is 0.772. The van der Waals surface area contributed by atoms with E-state index in [2.05, 4.69) is 0 Å². The average molecular weight is 350 g/mol. The highest BCUT2D eigenvalue weighted by atomic mass is 16.5. The Hall–Kier alpha value is -2.20. The van der Waals surface area contributed by atoms with Gasteiger partial charge in [-0.2, -0.15) is 0 Å². The van der Waals surface area contributed by atoms with Crippen LogP contribution in [0.3, 0.4) is 0 Å². The first-order valence-corrected chi connectivity index (χ1v) is 8.06. The fraction of sp³-hybridized carbons (Fsp3) is 0.429. The molecule has 0 aliphatic heterocycles. The maximum absolute atomic E-state index is 10.3. The van der Waals surface area contributed by atoms with Crippen LogP contribution in [0.5, 0.6) is 17.2 Å². The second-order valence-corrected chi connectivity index (χ2v) is 5.69. The summed E-state index contributed by atoms with van der Waals surface area (Å²) in [6.07, 6.45) is -3.85. The van der Waals surface area contributed by atoms with E-state index in [9.17, 15) is 5.11 Å². The van der Waals surface area contributed by atoms with Crippen molar-refractivity contribution in [2.45, 2.75) is 38.6 Å². The molecular formula is C21H28O4. The molecule has 0 bridgehead atoms. The molecule has 0 spiro atoms. The van der Waals surface area contributed by atoms with Crippen molar-refractivity contribution in [1.82, 2.24) is 0 Å². The monoisotopic (exact) mass is 350 g/mol. The Kier molecular flexibility index (Phi) is 4.85. The van der Waals surface area contributed by atoms with Crippen molar-refractivity contribution in [1.29, 1.82) is 0 Å². The van der Waals surface area contributed by atoms with Crippen molar-refractivity contribution in [2.75, 3.05) is 20.8 Å². The molecule has 2 aromatic rings.